The Hall–Kier alpha value is -0.860. The Balaban J connectivity index is 2.28. The summed E-state index contributed by atoms with van der Waals surface area (Å²) in [5.41, 5.74) is 1.43. The molecule has 1 aromatic rings. The van der Waals surface area contributed by atoms with Crippen LogP contribution in [0.4, 0.5) is 0 Å². The van der Waals surface area contributed by atoms with Gasteiger partial charge in [0.2, 0.25) is 0 Å². The van der Waals surface area contributed by atoms with Crippen molar-refractivity contribution >= 4 is 0 Å². The average Bonchev–Trinajstić information content (AvgIpc) is 2.45. The zero-order valence-corrected chi connectivity index (χ0v) is 13.4. The molecule has 114 valence electrons. The van der Waals surface area contributed by atoms with E-state index in [1.807, 2.05) is 0 Å². The highest BCUT2D eigenvalue weighted by Crippen LogP contribution is 2.12. The fourth-order valence-corrected chi connectivity index (χ4v) is 2.24. The van der Waals surface area contributed by atoms with Crippen LogP contribution in [0.2, 0.25) is 0 Å². The molecule has 1 unspecified atom stereocenters. The molecule has 0 aliphatic carbocycles. The molecule has 0 saturated carbocycles. The zero-order valence-electron chi connectivity index (χ0n) is 13.4. The lowest BCUT2D eigenvalue weighted by Crippen LogP contribution is -2.25. The van der Waals surface area contributed by atoms with Crippen LogP contribution < -0.4 is 5.32 Å². The Morgan fingerprint density at radius 3 is 2.40 bits per heavy atom. The van der Waals surface area contributed by atoms with Crippen molar-refractivity contribution in [3.63, 3.8) is 0 Å². The van der Waals surface area contributed by atoms with Crippen LogP contribution >= 0.6 is 0 Å². The molecule has 0 aromatic heterocycles. The number of ether oxygens (including phenoxy) is 1. The summed E-state index contributed by atoms with van der Waals surface area (Å²) in [6.07, 6.45) is 3.44. The van der Waals surface area contributed by atoms with Crippen LogP contribution in [0.1, 0.15) is 39.2 Å². The third kappa shape index (κ3) is 8.34. The molecule has 0 aliphatic rings. The molecule has 0 radical (unpaired) electrons. The van der Waals surface area contributed by atoms with Crippen molar-refractivity contribution in [3.8, 4) is 0 Å². The molecule has 2 nitrogen and oxygen atoms in total. The van der Waals surface area contributed by atoms with Gasteiger partial charge in [-0.25, -0.2) is 0 Å². The molecule has 0 aliphatic heterocycles. The molecule has 0 saturated heterocycles. The quantitative estimate of drug-likeness (QED) is 0.619. The first kappa shape index (κ1) is 17.2. The predicted octanol–water partition coefficient (Wildman–Crippen LogP) is 3.91. The van der Waals surface area contributed by atoms with E-state index in [0.717, 1.165) is 51.5 Å². The molecule has 0 amide bonds. The Labute approximate surface area is 124 Å². The highest BCUT2D eigenvalue weighted by Gasteiger charge is 2.09. The average molecular weight is 277 g/mol. The predicted molar refractivity (Wildman–Crippen MR) is 87.1 cm³/mol. The van der Waals surface area contributed by atoms with E-state index in [1.165, 1.54) is 5.56 Å². The fourth-order valence-electron chi connectivity index (χ4n) is 2.24. The Bertz CT molecular complexity index is 323. The van der Waals surface area contributed by atoms with Crippen LogP contribution in [0.5, 0.6) is 0 Å². The van der Waals surface area contributed by atoms with E-state index >= 15 is 0 Å². The molecule has 0 spiro atoms. The highest BCUT2D eigenvalue weighted by molar-refractivity contribution is 5.15. The lowest BCUT2D eigenvalue weighted by Gasteiger charge is -2.17. The second kappa shape index (κ2) is 10.9. The van der Waals surface area contributed by atoms with Gasteiger partial charge in [0.1, 0.15) is 0 Å². The van der Waals surface area contributed by atoms with Crippen molar-refractivity contribution in [1.29, 1.82) is 0 Å². The van der Waals surface area contributed by atoms with Gasteiger partial charge in [0.05, 0.1) is 0 Å². The van der Waals surface area contributed by atoms with Crippen LogP contribution in [-0.2, 0) is 11.2 Å². The molecule has 20 heavy (non-hydrogen) atoms. The molecule has 2 heteroatoms. The minimum absolute atomic E-state index is 0.663. The van der Waals surface area contributed by atoms with Crippen LogP contribution in [0.15, 0.2) is 30.3 Å². The second-order valence-electron chi connectivity index (χ2n) is 5.95. The van der Waals surface area contributed by atoms with Crippen LogP contribution in [0, 0.1) is 11.8 Å². The molecular weight excluding hydrogens is 246 g/mol. The maximum atomic E-state index is 5.76. The fraction of sp³-hybridized carbons (Fsp3) is 0.667. The maximum absolute atomic E-state index is 5.76. The third-order valence-corrected chi connectivity index (χ3v) is 3.56. The zero-order chi connectivity index (χ0) is 14.6. The summed E-state index contributed by atoms with van der Waals surface area (Å²) in [5, 5.41) is 3.47. The lowest BCUT2D eigenvalue weighted by molar-refractivity contribution is 0.110. The first-order chi connectivity index (χ1) is 9.72. The number of nitrogens with one attached hydrogen (secondary N) is 1. The van der Waals surface area contributed by atoms with E-state index in [2.05, 4.69) is 56.4 Å². The Morgan fingerprint density at radius 1 is 1.05 bits per heavy atom. The summed E-state index contributed by atoms with van der Waals surface area (Å²) < 4.78 is 5.76. The van der Waals surface area contributed by atoms with E-state index in [-0.39, 0.29) is 0 Å². The van der Waals surface area contributed by atoms with Gasteiger partial charge in [0, 0.05) is 13.2 Å². The number of hydrogen-bond donors (Lipinski definition) is 1. The first-order valence-corrected chi connectivity index (χ1v) is 8.04. The topological polar surface area (TPSA) is 21.3 Å². The minimum atomic E-state index is 0.663. The number of rotatable bonds is 11. The van der Waals surface area contributed by atoms with Gasteiger partial charge in [-0.3, -0.25) is 0 Å². The molecule has 0 fully saturated rings. The van der Waals surface area contributed by atoms with E-state index in [4.69, 9.17) is 4.74 Å². The maximum Gasteiger partial charge on any atom is 0.0469 e. The number of benzene rings is 1. The van der Waals surface area contributed by atoms with Gasteiger partial charge in [-0.1, -0.05) is 51.1 Å². The van der Waals surface area contributed by atoms with Crippen LogP contribution in [0.3, 0.4) is 0 Å². The summed E-state index contributed by atoms with van der Waals surface area (Å²) in [5.74, 6) is 1.40. The van der Waals surface area contributed by atoms with Gasteiger partial charge in [0.25, 0.3) is 0 Å². The SMILES string of the molecule is CCNCC(CCOCCC(C)C)Cc1ccccc1. The van der Waals surface area contributed by atoms with E-state index < -0.39 is 0 Å². The standard InChI is InChI=1S/C18H31NO/c1-4-19-15-18(11-13-20-12-10-16(2)3)14-17-8-6-5-7-9-17/h5-9,16,18-19H,4,10-15H2,1-3H3. The van der Waals surface area contributed by atoms with E-state index in [9.17, 15) is 0 Å². The molecule has 1 rings (SSSR count). The van der Waals surface area contributed by atoms with Crippen molar-refractivity contribution in [2.24, 2.45) is 11.8 Å². The first-order valence-electron chi connectivity index (χ1n) is 8.04. The third-order valence-electron chi connectivity index (χ3n) is 3.56. The van der Waals surface area contributed by atoms with Crippen LogP contribution in [0.25, 0.3) is 0 Å². The van der Waals surface area contributed by atoms with Crippen molar-refractivity contribution in [2.75, 3.05) is 26.3 Å². The van der Waals surface area contributed by atoms with Gasteiger partial charge in [-0.15, -0.1) is 0 Å². The number of hydrogen-bond acceptors (Lipinski definition) is 2. The monoisotopic (exact) mass is 277 g/mol. The van der Waals surface area contributed by atoms with Crippen LogP contribution in [-0.4, -0.2) is 26.3 Å². The summed E-state index contributed by atoms with van der Waals surface area (Å²) >= 11 is 0. The Morgan fingerprint density at radius 2 is 1.75 bits per heavy atom. The van der Waals surface area contributed by atoms with E-state index in [0.29, 0.717) is 5.92 Å². The normalized spacial score (nSPS) is 12.8. The van der Waals surface area contributed by atoms with Crippen molar-refractivity contribution < 1.29 is 4.74 Å². The lowest BCUT2D eigenvalue weighted by atomic mass is 9.96. The largest absolute Gasteiger partial charge is 0.381 e. The highest BCUT2D eigenvalue weighted by atomic mass is 16.5. The summed E-state index contributed by atoms with van der Waals surface area (Å²) in [7, 11) is 0. The molecular formula is C18H31NO. The summed E-state index contributed by atoms with van der Waals surface area (Å²) in [6.45, 7) is 10.6. The minimum Gasteiger partial charge on any atom is -0.381 e. The summed E-state index contributed by atoms with van der Waals surface area (Å²) in [6, 6.07) is 10.8. The van der Waals surface area contributed by atoms with Gasteiger partial charge >= 0.3 is 0 Å². The smallest absolute Gasteiger partial charge is 0.0469 e. The second-order valence-corrected chi connectivity index (χ2v) is 5.95. The van der Waals surface area contributed by atoms with Gasteiger partial charge < -0.3 is 10.1 Å². The Kier molecular flexibility index (Phi) is 9.35. The molecule has 0 bridgehead atoms. The van der Waals surface area contributed by atoms with Gasteiger partial charge in [0.15, 0.2) is 0 Å². The van der Waals surface area contributed by atoms with Gasteiger partial charge in [-0.2, -0.15) is 0 Å². The molecule has 0 heterocycles. The van der Waals surface area contributed by atoms with E-state index in [1.54, 1.807) is 0 Å². The van der Waals surface area contributed by atoms with Crippen molar-refractivity contribution in [2.45, 2.75) is 40.0 Å². The van der Waals surface area contributed by atoms with Gasteiger partial charge in [-0.05, 0) is 49.8 Å². The molecule has 1 N–H and O–H groups in total. The van der Waals surface area contributed by atoms with Crippen molar-refractivity contribution in [1.82, 2.24) is 5.32 Å². The summed E-state index contributed by atoms with van der Waals surface area (Å²) in [4.78, 5) is 0. The van der Waals surface area contributed by atoms with Crippen molar-refractivity contribution in [3.05, 3.63) is 35.9 Å². The molecule has 1 atom stereocenters. The molecule has 1 aromatic carbocycles.